The molecule has 4 nitrogen and oxygen atoms in total. The molecule has 102 valence electrons. The van der Waals surface area contributed by atoms with E-state index in [1.165, 1.54) is 0 Å². The molecule has 0 bridgehead atoms. The van der Waals surface area contributed by atoms with E-state index in [2.05, 4.69) is 24.3 Å². The molecule has 0 aliphatic rings. The predicted molar refractivity (Wildman–Crippen MR) is 77.1 cm³/mol. The zero-order chi connectivity index (χ0) is 13.8. The highest BCUT2D eigenvalue weighted by molar-refractivity contribution is 6.32. The molecule has 19 heavy (non-hydrogen) atoms. The van der Waals surface area contributed by atoms with E-state index in [-0.39, 0.29) is 0 Å². The standard InChI is InChI=1S/C14H18ClN3O/c1-10(2)16-9-11-6-7-18(17-11)14-8-12(19-3)4-5-13(14)15/h4-8,10,16H,9H2,1-3H3. The van der Waals surface area contributed by atoms with Crippen LogP contribution in [0.5, 0.6) is 5.75 Å². The van der Waals surface area contributed by atoms with E-state index in [1.807, 2.05) is 30.5 Å². The second-order valence-corrected chi connectivity index (χ2v) is 5.01. The van der Waals surface area contributed by atoms with Gasteiger partial charge >= 0.3 is 0 Å². The van der Waals surface area contributed by atoms with Crippen LogP contribution in [0.15, 0.2) is 30.5 Å². The first-order valence-corrected chi connectivity index (χ1v) is 6.60. The third kappa shape index (κ3) is 3.49. The topological polar surface area (TPSA) is 39.1 Å². The van der Waals surface area contributed by atoms with E-state index in [4.69, 9.17) is 16.3 Å². The molecule has 0 aliphatic carbocycles. The van der Waals surface area contributed by atoms with Gasteiger partial charge in [-0.3, -0.25) is 0 Å². The maximum absolute atomic E-state index is 6.19. The van der Waals surface area contributed by atoms with Gasteiger partial charge in [0, 0.05) is 24.8 Å². The quantitative estimate of drug-likeness (QED) is 0.914. The second-order valence-electron chi connectivity index (χ2n) is 4.60. The first kappa shape index (κ1) is 13.9. The number of halogens is 1. The summed E-state index contributed by atoms with van der Waals surface area (Å²) in [6.07, 6.45) is 1.90. The van der Waals surface area contributed by atoms with Gasteiger partial charge in [0.15, 0.2) is 0 Å². The number of rotatable bonds is 5. The van der Waals surface area contributed by atoms with Crippen LogP contribution in [-0.2, 0) is 6.54 Å². The summed E-state index contributed by atoms with van der Waals surface area (Å²) in [5.74, 6) is 0.761. The second kappa shape index (κ2) is 6.08. The van der Waals surface area contributed by atoms with Gasteiger partial charge in [-0.1, -0.05) is 25.4 Å². The Kier molecular flexibility index (Phi) is 4.45. The van der Waals surface area contributed by atoms with Crippen LogP contribution in [0.25, 0.3) is 5.69 Å². The number of hydrogen-bond acceptors (Lipinski definition) is 3. The van der Waals surface area contributed by atoms with E-state index >= 15 is 0 Å². The summed E-state index contributed by atoms with van der Waals surface area (Å²) in [7, 11) is 1.63. The summed E-state index contributed by atoms with van der Waals surface area (Å²) in [6.45, 7) is 4.96. The van der Waals surface area contributed by atoms with Crippen LogP contribution in [0.4, 0.5) is 0 Å². The van der Waals surface area contributed by atoms with Gasteiger partial charge in [0.2, 0.25) is 0 Å². The maximum Gasteiger partial charge on any atom is 0.121 e. The highest BCUT2D eigenvalue weighted by Gasteiger charge is 2.07. The first-order valence-electron chi connectivity index (χ1n) is 6.22. The highest BCUT2D eigenvalue weighted by atomic mass is 35.5. The lowest BCUT2D eigenvalue weighted by Gasteiger charge is -2.07. The Morgan fingerprint density at radius 1 is 1.37 bits per heavy atom. The van der Waals surface area contributed by atoms with Crippen molar-refractivity contribution in [2.45, 2.75) is 26.4 Å². The molecule has 0 spiro atoms. The Bertz CT molecular complexity index is 551. The molecule has 0 radical (unpaired) electrons. The van der Waals surface area contributed by atoms with Gasteiger partial charge < -0.3 is 10.1 Å². The van der Waals surface area contributed by atoms with Crippen molar-refractivity contribution < 1.29 is 4.74 Å². The third-order valence-electron chi connectivity index (χ3n) is 2.74. The number of aromatic nitrogens is 2. The molecule has 2 aromatic rings. The number of benzene rings is 1. The molecule has 0 aliphatic heterocycles. The summed E-state index contributed by atoms with van der Waals surface area (Å²) in [5.41, 5.74) is 1.80. The summed E-state index contributed by atoms with van der Waals surface area (Å²) in [5, 5.41) is 8.48. The van der Waals surface area contributed by atoms with Crippen LogP contribution in [0.3, 0.4) is 0 Å². The first-order chi connectivity index (χ1) is 9.10. The van der Waals surface area contributed by atoms with Gasteiger partial charge in [0.1, 0.15) is 5.75 Å². The number of ether oxygens (including phenoxy) is 1. The maximum atomic E-state index is 6.19. The van der Waals surface area contributed by atoms with Crippen molar-refractivity contribution in [3.05, 3.63) is 41.2 Å². The molecule has 0 atom stereocenters. The van der Waals surface area contributed by atoms with Crippen molar-refractivity contribution in [3.63, 3.8) is 0 Å². The normalized spacial score (nSPS) is 11.0. The minimum atomic E-state index is 0.436. The predicted octanol–water partition coefficient (Wildman–Crippen LogP) is 3.03. The molecule has 0 fully saturated rings. The Morgan fingerprint density at radius 2 is 2.16 bits per heavy atom. The number of nitrogens with zero attached hydrogens (tertiary/aromatic N) is 2. The van der Waals surface area contributed by atoms with Gasteiger partial charge in [-0.25, -0.2) is 4.68 Å². The van der Waals surface area contributed by atoms with Crippen LogP contribution in [0, 0.1) is 0 Å². The smallest absolute Gasteiger partial charge is 0.121 e. The van der Waals surface area contributed by atoms with Gasteiger partial charge in [0.05, 0.1) is 23.5 Å². The van der Waals surface area contributed by atoms with E-state index < -0.39 is 0 Å². The van der Waals surface area contributed by atoms with E-state index in [0.717, 1.165) is 23.7 Å². The van der Waals surface area contributed by atoms with Crippen molar-refractivity contribution in [2.75, 3.05) is 7.11 Å². The number of methoxy groups -OCH3 is 1. The van der Waals surface area contributed by atoms with Crippen molar-refractivity contribution in [1.82, 2.24) is 15.1 Å². The summed E-state index contributed by atoms with van der Waals surface area (Å²) in [6, 6.07) is 7.92. The van der Waals surface area contributed by atoms with Crippen LogP contribution in [0.1, 0.15) is 19.5 Å². The lowest BCUT2D eigenvalue weighted by molar-refractivity contribution is 0.414. The molecule has 0 saturated heterocycles. The minimum absolute atomic E-state index is 0.436. The van der Waals surface area contributed by atoms with E-state index in [0.29, 0.717) is 11.1 Å². The lowest BCUT2D eigenvalue weighted by atomic mass is 10.3. The number of hydrogen-bond donors (Lipinski definition) is 1. The zero-order valence-electron chi connectivity index (χ0n) is 11.4. The van der Waals surface area contributed by atoms with Crippen molar-refractivity contribution >= 4 is 11.6 Å². The molecule has 2 rings (SSSR count). The van der Waals surface area contributed by atoms with Crippen molar-refractivity contribution in [3.8, 4) is 11.4 Å². The Balaban J connectivity index is 2.22. The third-order valence-corrected chi connectivity index (χ3v) is 3.06. The van der Waals surface area contributed by atoms with E-state index in [1.54, 1.807) is 11.8 Å². The Morgan fingerprint density at radius 3 is 2.84 bits per heavy atom. The Hall–Kier alpha value is -1.52. The van der Waals surface area contributed by atoms with Gasteiger partial charge in [-0.2, -0.15) is 5.10 Å². The molecule has 1 aromatic heterocycles. The summed E-state index contributed by atoms with van der Waals surface area (Å²) in [4.78, 5) is 0. The average molecular weight is 280 g/mol. The fourth-order valence-corrected chi connectivity index (χ4v) is 1.90. The van der Waals surface area contributed by atoms with Gasteiger partial charge in [-0.15, -0.1) is 0 Å². The molecular weight excluding hydrogens is 262 g/mol. The fraction of sp³-hybridized carbons (Fsp3) is 0.357. The average Bonchev–Trinajstić information content (AvgIpc) is 2.85. The zero-order valence-corrected chi connectivity index (χ0v) is 12.1. The molecule has 5 heteroatoms. The van der Waals surface area contributed by atoms with Crippen molar-refractivity contribution in [2.24, 2.45) is 0 Å². The minimum Gasteiger partial charge on any atom is -0.497 e. The molecule has 1 N–H and O–H groups in total. The lowest BCUT2D eigenvalue weighted by Crippen LogP contribution is -2.22. The summed E-state index contributed by atoms with van der Waals surface area (Å²) >= 11 is 6.19. The molecule has 1 aromatic carbocycles. The largest absolute Gasteiger partial charge is 0.497 e. The summed E-state index contributed by atoms with van der Waals surface area (Å²) < 4.78 is 6.97. The SMILES string of the molecule is COc1ccc(Cl)c(-n2ccc(CNC(C)C)n2)c1. The molecule has 1 heterocycles. The highest BCUT2D eigenvalue weighted by Crippen LogP contribution is 2.25. The van der Waals surface area contributed by atoms with Gasteiger partial charge in [0.25, 0.3) is 0 Å². The van der Waals surface area contributed by atoms with Crippen LogP contribution in [0.2, 0.25) is 5.02 Å². The fourth-order valence-electron chi connectivity index (χ4n) is 1.69. The molecule has 0 amide bonds. The van der Waals surface area contributed by atoms with Crippen LogP contribution in [-0.4, -0.2) is 22.9 Å². The van der Waals surface area contributed by atoms with Gasteiger partial charge in [-0.05, 0) is 18.2 Å². The molecule has 0 saturated carbocycles. The Labute approximate surface area is 118 Å². The number of nitrogens with one attached hydrogen (secondary N) is 1. The van der Waals surface area contributed by atoms with Crippen molar-refractivity contribution in [1.29, 1.82) is 0 Å². The molecular formula is C14H18ClN3O. The van der Waals surface area contributed by atoms with E-state index in [9.17, 15) is 0 Å². The van der Waals surface area contributed by atoms with Crippen LogP contribution < -0.4 is 10.1 Å². The monoisotopic (exact) mass is 279 g/mol. The van der Waals surface area contributed by atoms with Crippen LogP contribution >= 0.6 is 11.6 Å². The molecule has 0 unspecified atom stereocenters.